The van der Waals surface area contributed by atoms with Crippen LogP contribution >= 0.6 is 0 Å². The third-order valence-electron chi connectivity index (χ3n) is 4.65. The van der Waals surface area contributed by atoms with Gasteiger partial charge in [-0.3, -0.25) is 4.68 Å². The lowest BCUT2D eigenvalue weighted by atomic mass is 9.89. The van der Waals surface area contributed by atoms with Crippen LogP contribution in [0.4, 0.5) is 0 Å². The summed E-state index contributed by atoms with van der Waals surface area (Å²) in [5.41, 5.74) is 1.70. The van der Waals surface area contributed by atoms with Crippen molar-refractivity contribution in [1.29, 1.82) is 0 Å². The van der Waals surface area contributed by atoms with E-state index in [1.165, 1.54) is 31.4 Å². The van der Waals surface area contributed by atoms with Gasteiger partial charge >= 0.3 is 0 Å². The predicted molar refractivity (Wildman–Crippen MR) is 80.1 cm³/mol. The van der Waals surface area contributed by atoms with Crippen LogP contribution in [0.2, 0.25) is 0 Å². The van der Waals surface area contributed by atoms with E-state index in [0.29, 0.717) is 11.5 Å². The van der Waals surface area contributed by atoms with Crippen LogP contribution in [0.5, 0.6) is 0 Å². The van der Waals surface area contributed by atoms with Crippen LogP contribution in [0.1, 0.15) is 71.0 Å². The number of hydrogen-bond acceptors (Lipinski definition) is 2. The van der Waals surface area contributed by atoms with Crippen molar-refractivity contribution in [3.63, 3.8) is 0 Å². The van der Waals surface area contributed by atoms with Gasteiger partial charge in [-0.2, -0.15) is 5.10 Å². The van der Waals surface area contributed by atoms with Crippen LogP contribution in [0.15, 0.2) is 12.3 Å². The van der Waals surface area contributed by atoms with Gasteiger partial charge in [-0.25, -0.2) is 0 Å². The number of nitrogens with one attached hydrogen (secondary N) is 1. The molecule has 1 N–H and O–H groups in total. The van der Waals surface area contributed by atoms with Crippen LogP contribution in [0, 0.1) is 5.41 Å². The van der Waals surface area contributed by atoms with Gasteiger partial charge in [0.15, 0.2) is 0 Å². The molecule has 3 heteroatoms. The van der Waals surface area contributed by atoms with E-state index in [1.54, 1.807) is 0 Å². The third-order valence-corrected chi connectivity index (χ3v) is 4.65. The highest BCUT2D eigenvalue weighted by Crippen LogP contribution is 2.36. The molecule has 1 aliphatic rings. The van der Waals surface area contributed by atoms with Crippen LogP contribution in [-0.4, -0.2) is 16.3 Å². The predicted octanol–water partition coefficient (Wildman–Crippen LogP) is 3.91. The second-order valence-electron chi connectivity index (χ2n) is 6.38. The summed E-state index contributed by atoms with van der Waals surface area (Å²) in [4.78, 5) is 0. The molecule has 108 valence electrons. The Morgan fingerprint density at radius 2 is 2.00 bits per heavy atom. The van der Waals surface area contributed by atoms with Gasteiger partial charge in [0.05, 0.1) is 11.7 Å². The standard InChI is InChI=1S/C16H29N3/c1-4-15(5-2)19-11-8-14(18-19)12-17-13-16(3)9-6-7-10-16/h8,11,15,17H,4-7,9-10,12-13H2,1-3H3. The average molecular weight is 263 g/mol. The number of rotatable bonds is 7. The summed E-state index contributed by atoms with van der Waals surface area (Å²) in [6.45, 7) is 8.91. The third kappa shape index (κ3) is 3.82. The van der Waals surface area contributed by atoms with Crippen molar-refractivity contribution in [2.24, 2.45) is 5.41 Å². The molecule has 1 saturated carbocycles. The maximum Gasteiger partial charge on any atom is 0.0762 e. The summed E-state index contributed by atoms with van der Waals surface area (Å²) in [6, 6.07) is 2.71. The molecule has 1 aliphatic carbocycles. The number of nitrogens with zero attached hydrogens (tertiary/aromatic N) is 2. The molecule has 1 fully saturated rings. The fourth-order valence-corrected chi connectivity index (χ4v) is 3.24. The summed E-state index contributed by atoms with van der Waals surface area (Å²) in [5, 5.41) is 8.29. The molecule has 19 heavy (non-hydrogen) atoms. The Morgan fingerprint density at radius 3 is 2.63 bits per heavy atom. The Bertz CT molecular complexity index is 373. The molecule has 0 atom stereocenters. The van der Waals surface area contributed by atoms with E-state index in [4.69, 9.17) is 5.10 Å². The monoisotopic (exact) mass is 263 g/mol. The summed E-state index contributed by atoms with van der Waals surface area (Å²) in [7, 11) is 0. The maximum atomic E-state index is 4.69. The molecule has 0 saturated heterocycles. The zero-order chi connectivity index (χ0) is 13.7. The van der Waals surface area contributed by atoms with E-state index in [0.717, 1.165) is 25.9 Å². The van der Waals surface area contributed by atoms with Gasteiger partial charge in [0, 0.05) is 19.3 Å². The largest absolute Gasteiger partial charge is 0.311 e. The van der Waals surface area contributed by atoms with E-state index in [9.17, 15) is 0 Å². The molecule has 0 spiro atoms. The minimum absolute atomic E-state index is 0.526. The van der Waals surface area contributed by atoms with Crippen molar-refractivity contribution in [3.05, 3.63) is 18.0 Å². The first kappa shape index (κ1) is 14.6. The summed E-state index contributed by atoms with van der Waals surface area (Å²) in [6.07, 6.45) is 10.0. The molecule has 0 aromatic carbocycles. The lowest BCUT2D eigenvalue weighted by Crippen LogP contribution is -2.29. The molecule has 0 radical (unpaired) electrons. The molecule has 1 heterocycles. The highest BCUT2D eigenvalue weighted by Gasteiger charge is 2.27. The Morgan fingerprint density at radius 1 is 1.32 bits per heavy atom. The van der Waals surface area contributed by atoms with E-state index in [1.807, 2.05) is 0 Å². The van der Waals surface area contributed by atoms with Crippen LogP contribution < -0.4 is 5.32 Å². The molecule has 0 bridgehead atoms. The zero-order valence-corrected chi connectivity index (χ0v) is 12.8. The van der Waals surface area contributed by atoms with Crippen LogP contribution in [0.25, 0.3) is 0 Å². The number of aromatic nitrogens is 2. The fourth-order valence-electron chi connectivity index (χ4n) is 3.24. The first-order valence-electron chi connectivity index (χ1n) is 7.91. The van der Waals surface area contributed by atoms with E-state index >= 15 is 0 Å². The van der Waals surface area contributed by atoms with Gasteiger partial charge in [0.1, 0.15) is 0 Å². The van der Waals surface area contributed by atoms with E-state index in [-0.39, 0.29) is 0 Å². The maximum absolute atomic E-state index is 4.69. The molecule has 3 nitrogen and oxygen atoms in total. The summed E-state index contributed by atoms with van der Waals surface area (Å²) in [5.74, 6) is 0. The minimum atomic E-state index is 0.526. The first-order chi connectivity index (χ1) is 9.17. The Kier molecular flexibility index (Phi) is 5.03. The molecule has 0 amide bonds. The minimum Gasteiger partial charge on any atom is -0.311 e. The highest BCUT2D eigenvalue weighted by molar-refractivity contribution is 4.99. The molecule has 0 aliphatic heterocycles. The molecule has 2 rings (SSSR count). The van der Waals surface area contributed by atoms with Crippen molar-refractivity contribution < 1.29 is 0 Å². The first-order valence-corrected chi connectivity index (χ1v) is 7.91. The second-order valence-corrected chi connectivity index (χ2v) is 6.38. The van der Waals surface area contributed by atoms with Crippen LogP contribution in [0.3, 0.4) is 0 Å². The molecule has 1 aromatic rings. The highest BCUT2D eigenvalue weighted by atomic mass is 15.3. The Balaban J connectivity index is 1.80. The second kappa shape index (κ2) is 6.56. The van der Waals surface area contributed by atoms with E-state index in [2.05, 4.69) is 43.0 Å². The summed E-state index contributed by atoms with van der Waals surface area (Å²) < 4.78 is 2.13. The van der Waals surface area contributed by atoms with Gasteiger partial charge in [0.2, 0.25) is 0 Å². The van der Waals surface area contributed by atoms with Crippen molar-refractivity contribution in [2.75, 3.05) is 6.54 Å². The fraction of sp³-hybridized carbons (Fsp3) is 0.812. The zero-order valence-electron chi connectivity index (χ0n) is 12.8. The van der Waals surface area contributed by atoms with E-state index < -0.39 is 0 Å². The smallest absolute Gasteiger partial charge is 0.0762 e. The molecular formula is C16H29N3. The molecule has 0 unspecified atom stereocenters. The Hall–Kier alpha value is -0.830. The molecule has 1 aromatic heterocycles. The van der Waals surface area contributed by atoms with Gasteiger partial charge in [0.25, 0.3) is 0 Å². The van der Waals surface area contributed by atoms with Crippen molar-refractivity contribution in [3.8, 4) is 0 Å². The van der Waals surface area contributed by atoms with Gasteiger partial charge in [-0.15, -0.1) is 0 Å². The average Bonchev–Trinajstić information content (AvgIpc) is 3.01. The normalized spacial score (nSPS) is 18.3. The van der Waals surface area contributed by atoms with Gasteiger partial charge < -0.3 is 5.32 Å². The lowest BCUT2D eigenvalue weighted by Gasteiger charge is -2.23. The van der Waals surface area contributed by atoms with Gasteiger partial charge in [-0.05, 0) is 37.2 Å². The quantitative estimate of drug-likeness (QED) is 0.808. The SMILES string of the molecule is CCC(CC)n1ccc(CNCC2(C)CCCC2)n1. The van der Waals surface area contributed by atoms with Gasteiger partial charge in [-0.1, -0.05) is 33.6 Å². The van der Waals surface area contributed by atoms with Crippen molar-refractivity contribution >= 4 is 0 Å². The Labute approximate surface area is 117 Å². The van der Waals surface area contributed by atoms with Crippen LogP contribution in [-0.2, 0) is 6.54 Å². The summed E-state index contributed by atoms with van der Waals surface area (Å²) >= 11 is 0. The van der Waals surface area contributed by atoms with Crippen molar-refractivity contribution in [1.82, 2.24) is 15.1 Å². The topological polar surface area (TPSA) is 29.9 Å². The van der Waals surface area contributed by atoms with Crippen molar-refractivity contribution in [2.45, 2.75) is 71.9 Å². The lowest BCUT2D eigenvalue weighted by molar-refractivity contribution is 0.313. The molecular weight excluding hydrogens is 234 g/mol. The number of hydrogen-bond donors (Lipinski definition) is 1.